The third kappa shape index (κ3) is 26.5. The Morgan fingerprint density at radius 1 is 0.571 bits per heavy atom. The normalized spacial score (nSPS) is 16.2. The number of ketones is 4. The van der Waals surface area contributed by atoms with Crippen molar-refractivity contribution in [2.45, 2.75) is 153 Å². The zero-order valence-corrected chi connectivity index (χ0v) is 42.9. The van der Waals surface area contributed by atoms with Crippen LogP contribution in [0.2, 0.25) is 0 Å². The third-order valence-electron chi connectivity index (χ3n) is 12.4. The number of carbonyl (C=O) groups excluding carboxylic acids is 5. The van der Waals surface area contributed by atoms with Gasteiger partial charge in [0.15, 0.2) is 5.78 Å². The number of amides is 2. The molecule has 2 saturated heterocycles. The second-order valence-corrected chi connectivity index (χ2v) is 19.7. The number of nitrogens with two attached hydrogens (primary N) is 1. The van der Waals surface area contributed by atoms with Gasteiger partial charge < -0.3 is 50.1 Å². The van der Waals surface area contributed by atoms with E-state index in [1.165, 1.54) is 0 Å². The van der Waals surface area contributed by atoms with Crippen molar-refractivity contribution in [1.82, 2.24) is 10.6 Å². The van der Waals surface area contributed by atoms with Crippen LogP contribution in [-0.4, -0.2) is 132 Å². The molecule has 16 heteroatoms. The molecule has 2 aliphatic heterocycles. The molecule has 2 fully saturated rings. The highest BCUT2D eigenvalue weighted by Crippen LogP contribution is 2.33. The lowest BCUT2D eigenvalue weighted by molar-refractivity contribution is -0.121. The van der Waals surface area contributed by atoms with Gasteiger partial charge in [-0.2, -0.15) is 11.8 Å². The van der Waals surface area contributed by atoms with Gasteiger partial charge in [0.2, 0.25) is 0 Å². The lowest BCUT2D eigenvalue weighted by Crippen LogP contribution is -2.36. The van der Waals surface area contributed by atoms with Gasteiger partial charge in [-0.25, -0.2) is 4.79 Å². The predicted octanol–water partition coefficient (Wildman–Crippen LogP) is 8.76. The zero-order valence-electron chi connectivity index (χ0n) is 42.1. The Hall–Kier alpha value is -3.90. The van der Waals surface area contributed by atoms with Crippen molar-refractivity contribution in [1.29, 1.82) is 0 Å². The van der Waals surface area contributed by atoms with Gasteiger partial charge in [0.1, 0.15) is 17.3 Å². The third-order valence-corrected chi connectivity index (χ3v) is 13.9. The number of aryl methyl sites for hydroxylation is 1. The van der Waals surface area contributed by atoms with E-state index >= 15 is 0 Å². The summed E-state index contributed by atoms with van der Waals surface area (Å²) in [7, 11) is 0. The summed E-state index contributed by atoms with van der Waals surface area (Å²) in [6, 6.07) is 14.1. The van der Waals surface area contributed by atoms with Crippen LogP contribution in [0.3, 0.4) is 0 Å². The van der Waals surface area contributed by atoms with Crippen LogP contribution in [0.4, 0.5) is 16.2 Å². The average molecular weight is 997 g/mol. The maximum atomic E-state index is 12.6. The van der Waals surface area contributed by atoms with Crippen molar-refractivity contribution in [3.05, 3.63) is 59.2 Å². The topological polar surface area (TPSA) is 203 Å². The summed E-state index contributed by atoms with van der Waals surface area (Å²) in [5.74, 6) is 1.82. The zero-order chi connectivity index (χ0) is 49.9. The molecule has 2 aliphatic rings. The minimum atomic E-state index is -0.0524. The number of carbonyl (C=O) groups is 5. The highest BCUT2D eigenvalue weighted by Gasteiger charge is 2.42. The second kappa shape index (κ2) is 36.9. The van der Waals surface area contributed by atoms with E-state index in [9.17, 15) is 24.0 Å². The Morgan fingerprint density at radius 3 is 1.53 bits per heavy atom. The van der Waals surface area contributed by atoms with Crippen LogP contribution >= 0.6 is 11.8 Å². The number of benzene rings is 2. The number of fused-ring (bicyclic) bond motifs is 1. The average Bonchev–Trinajstić information content (AvgIpc) is 3.91. The van der Waals surface area contributed by atoms with Crippen LogP contribution in [0, 0.1) is 6.92 Å². The Labute approximate surface area is 421 Å². The van der Waals surface area contributed by atoms with Gasteiger partial charge in [0.05, 0.1) is 76.3 Å². The summed E-state index contributed by atoms with van der Waals surface area (Å²) in [4.78, 5) is 60.9. The summed E-state index contributed by atoms with van der Waals surface area (Å²) in [6.45, 7) is 9.01. The SMILES string of the molecule is Cc1ccc(NCc2ccc(C(=O)CCCCOCCOCCOCCCCC(=O)CCCC(=O)CCCCOCCOCCOCCCCC(=O)CCCC[C@@H]3SCC4NC(=O)NC43)cc2)c(N)c1. The summed E-state index contributed by atoms with van der Waals surface area (Å²) in [5, 5.41) is 9.79. The molecule has 0 aliphatic carbocycles. The van der Waals surface area contributed by atoms with Crippen LogP contribution in [0.15, 0.2) is 42.5 Å². The molecule has 0 spiro atoms. The molecule has 2 unspecified atom stereocenters. The van der Waals surface area contributed by atoms with E-state index in [1.54, 1.807) is 0 Å². The molecule has 2 amide bonds. The summed E-state index contributed by atoms with van der Waals surface area (Å²) >= 11 is 1.92. The number of unbranched alkanes of at least 4 members (excludes halogenated alkanes) is 5. The molecule has 70 heavy (non-hydrogen) atoms. The second-order valence-electron chi connectivity index (χ2n) is 18.4. The lowest BCUT2D eigenvalue weighted by atomic mass is 10.0. The van der Waals surface area contributed by atoms with Crippen LogP contribution in [0.25, 0.3) is 0 Å². The number of nitrogens with one attached hydrogen (secondary N) is 3. The van der Waals surface area contributed by atoms with Crippen molar-refractivity contribution in [3.63, 3.8) is 0 Å². The van der Waals surface area contributed by atoms with E-state index in [1.807, 2.05) is 61.2 Å². The molecule has 0 radical (unpaired) electrons. The largest absolute Gasteiger partial charge is 0.397 e. The summed E-state index contributed by atoms with van der Waals surface area (Å²) in [5.41, 5.74) is 10.6. The number of hydrogen-bond acceptors (Lipinski definition) is 14. The van der Waals surface area contributed by atoms with Gasteiger partial charge in [-0.05, 0) is 101 Å². The van der Waals surface area contributed by atoms with E-state index in [2.05, 4.69) is 16.0 Å². The van der Waals surface area contributed by atoms with Crippen molar-refractivity contribution < 1.29 is 52.4 Å². The maximum Gasteiger partial charge on any atom is 0.315 e. The number of thioether (sulfide) groups is 1. The monoisotopic (exact) mass is 997 g/mol. The number of anilines is 2. The van der Waals surface area contributed by atoms with Crippen molar-refractivity contribution >= 4 is 52.3 Å². The molecule has 0 aromatic heterocycles. The molecule has 0 bridgehead atoms. The Balaban J connectivity index is 0.790. The van der Waals surface area contributed by atoms with Crippen LogP contribution in [-0.2, 0) is 49.3 Å². The number of hydrogen-bond donors (Lipinski definition) is 4. The quantitative estimate of drug-likeness (QED) is 0.0212. The van der Waals surface area contributed by atoms with Gasteiger partial charge in [0.25, 0.3) is 0 Å². The van der Waals surface area contributed by atoms with Gasteiger partial charge in [-0.15, -0.1) is 0 Å². The predicted molar refractivity (Wildman–Crippen MR) is 277 cm³/mol. The number of rotatable bonds is 45. The maximum absolute atomic E-state index is 12.6. The summed E-state index contributed by atoms with van der Waals surface area (Å²) < 4.78 is 33.7. The molecule has 5 N–H and O–H groups in total. The number of ether oxygens (including phenoxy) is 6. The van der Waals surface area contributed by atoms with E-state index in [-0.39, 0.29) is 35.5 Å². The standard InChI is InChI=1S/C54H84N4O11S/c1-42-21-26-49(48(55)39-42)56-40-43-22-24-44(25-23-43)51(62)19-7-11-30-67-34-38-69-37-33-66-29-10-6-16-47(61)18-12-17-46(60)15-5-9-28-65-32-36-68-35-31-64-27-8-4-14-45(59)13-2-3-20-52-53-50(41-70-52)57-54(63)58-53/h21-26,39,50,52-53,56H,2-20,27-38,40-41,55H2,1H3,(H2,57,58,63)/t50?,52-,53?/m0/s1. The number of Topliss-reactive ketones (excluding diaryl/α,β-unsaturated/α-hetero) is 4. The fraction of sp³-hybridized carbons (Fsp3) is 0.685. The van der Waals surface area contributed by atoms with E-state index in [0.29, 0.717) is 148 Å². The fourth-order valence-electron chi connectivity index (χ4n) is 8.31. The minimum absolute atomic E-state index is 0.0524. The molecule has 2 aromatic rings. The van der Waals surface area contributed by atoms with Gasteiger partial charge in [-0.1, -0.05) is 36.8 Å². The van der Waals surface area contributed by atoms with Gasteiger partial charge >= 0.3 is 6.03 Å². The highest BCUT2D eigenvalue weighted by molar-refractivity contribution is 8.00. The smallest absolute Gasteiger partial charge is 0.315 e. The van der Waals surface area contributed by atoms with Crippen molar-refractivity contribution in [2.24, 2.45) is 0 Å². The van der Waals surface area contributed by atoms with Gasteiger partial charge in [-0.3, -0.25) is 19.2 Å². The lowest BCUT2D eigenvalue weighted by Gasteiger charge is -2.16. The first-order valence-corrected chi connectivity index (χ1v) is 27.1. The Morgan fingerprint density at radius 2 is 1.03 bits per heavy atom. The Kier molecular flexibility index (Phi) is 31.0. The number of urea groups is 1. The molecule has 3 atom stereocenters. The summed E-state index contributed by atoms with van der Waals surface area (Å²) in [6.07, 6.45) is 13.7. The first kappa shape index (κ1) is 58.7. The molecule has 2 aromatic carbocycles. The molecule has 2 heterocycles. The van der Waals surface area contributed by atoms with Crippen LogP contribution in [0.1, 0.15) is 143 Å². The molecule has 392 valence electrons. The molecule has 0 saturated carbocycles. The van der Waals surface area contributed by atoms with Crippen LogP contribution < -0.4 is 21.7 Å². The molecular formula is C54H84N4O11S. The van der Waals surface area contributed by atoms with E-state index in [0.717, 1.165) is 104 Å². The highest BCUT2D eigenvalue weighted by atomic mass is 32.2. The Bertz CT molecular complexity index is 1800. The first-order valence-electron chi connectivity index (χ1n) is 26.1. The van der Waals surface area contributed by atoms with E-state index < -0.39 is 0 Å². The van der Waals surface area contributed by atoms with Crippen molar-refractivity contribution in [2.75, 3.05) is 96.1 Å². The number of nitrogen functional groups attached to an aromatic ring is 1. The van der Waals surface area contributed by atoms with E-state index in [4.69, 9.17) is 34.2 Å². The molecule has 15 nitrogen and oxygen atoms in total. The molecule has 4 rings (SSSR count). The first-order chi connectivity index (χ1) is 34.2. The fourth-order valence-corrected chi connectivity index (χ4v) is 9.86. The van der Waals surface area contributed by atoms with Crippen LogP contribution in [0.5, 0.6) is 0 Å². The minimum Gasteiger partial charge on any atom is -0.397 e. The van der Waals surface area contributed by atoms with Gasteiger partial charge in [0, 0.05) is 94.5 Å². The molecular weight excluding hydrogens is 913 g/mol. The van der Waals surface area contributed by atoms with Crippen molar-refractivity contribution in [3.8, 4) is 0 Å².